The van der Waals surface area contributed by atoms with Crippen LogP contribution in [0.1, 0.15) is 62.7 Å². The lowest BCUT2D eigenvalue weighted by Gasteiger charge is -2.21. The first kappa shape index (κ1) is 22.0. The standard InChI is InChI=1S/C25H33NO4/c1-3-28-22-14-15-23(24(18-22)29-4-2)25(27)26-20-10-12-21(13-11-20)30-17-16-19-8-6-5-7-9-19/h10-15,18-19H,3-9,16-17H2,1-2H3,(H,26,27). The molecule has 0 saturated heterocycles. The van der Waals surface area contributed by atoms with Gasteiger partial charge < -0.3 is 19.5 Å². The molecule has 3 rings (SSSR count). The fourth-order valence-corrected chi connectivity index (χ4v) is 3.87. The van der Waals surface area contributed by atoms with Gasteiger partial charge in [-0.15, -0.1) is 0 Å². The Balaban J connectivity index is 1.54. The number of hydrogen-bond donors (Lipinski definition) is 1. The van der Waals surface area contributed by atoms with Crippen molar-refractivity contribution in [2.24, 2.45) is 5.92 Å². The number of nitrogens with one attached hydrogen (secondary N) is 1. The summed E-state index contributed by atoms with van der Waals surface area (Å²) >= 11 is 0. The van der Waals surface area contributed by atoms with Crippen molar-refractivity contribution < 1.29 is 19.0 Å². The molecule has 1 amide bonds. The highest BCUT2D eigenvalue weighted by Gasteiger charge is 2.15. The van der Waals surface area contributed by atoms with E-state index in [-0.39, 0.29) is 5.91 Å². The number of carbonyl (C=O) groups is 1. The second-order valence-electron chi connectivity index (χ2n) is 7.64. The summed E-state index contributed by atoms with van der Waals surface area (Å²) in [7, 11) is 0. The van der Waals surface area contributed by atoms with Gasteiger partial charge in [0, 0.05) is 11.8 Å². The molecule has 0 radical (unpaired) electrons. The van der Waals surface area contributed by atoms with Gasteiger partial charge in [-0.3, -0.25) is 4.79 Å². The van der Waals surface area contributed by atoms with Crippen LogP contribution in [0.25, 0.3) is 0 Å². The van der Waals surface area contributed by atoms with Crippen molar-refractivity contribution >= 4 is 11.6 Å². The molecule has 1 N–H and O–H groups in total. The minimum absolute atomic E-state index is 0.215. The van der Waals surface area contributed by atoms with Crippen LogP contribution in [0.15, 0.2) is 42.5 Å². The molecule has 0 unspecified atom stereocenters. The van der Waals surface area contributed by atoms with Gasteiger partial charge >= 0.3 is 0 Å². The van der Waals surface area contributed by atoms with Crippen LogP contribution >= 0.6 is 0 Å². The van der Waals surface area contributed by atoms with E-state index >= 15 is 0 Å². The molecule has 0 bridgehead atoms. The molecule has 1 aliphatic carbocycles. The molecule has 1 saturated carbocycles. The molecule has 0 atom stereocenters. The maximum Gasteiger partial charge on any atom is 0.259 e. The van der Waals surface area contributed by atoms with Gasteiger partial charge in [-0.2, -0.15) is 0 Å². The monoisotopic (exact) mass is 411 g/mol. The van der Waals surface area contributed by atoms with Crippen molar-refractivity contribution in [2.45, 2.75) is 52.4 Å². The van der Waals surface area contributed by atoms with Crippen LogP contribution < -0.4 is 19.5 Å². The van der Waals surface area contributed by atoms with E-state index in [0.29, 0.717) is 30.3 Å². The van der Waals surface area contributed by atoms with Crippen LogP contribution in [0.4, 0.5) is 5.69 Å². The van der Waals surface area contributed by atoms with Gasteiger partial charge in [0.15, 0.2) is 0 Å². The maximum atomic E-state index is 12.7. The third kappa shape index (κ3) is 6.41. The largest absolute Gasteiger partial charge is 0.494 e. The molecule has 2 aromatic carbocycles. The van der Waals surface area contributed by atoms with E-state index in [9.17, 15) is 4.79 Å². The maximum absolute atomic E-state index is 12.7. The Bertz CT molecular complexity index is 797. The third-order valence-electron chi connectivity index (χ3n) is 5.44. The lowest BCUT2D eigenvalue weighted by molar-refractivity contribution is 0.102. The molecule has 0 aliphatic heterocycles. The Morgan fingerprint density at radius 2 is 1.60 bits per heavy atom. The molecule has 162 valence electrons. The predicted molar refractivity (Wildman–Crippen MR) is 120 cm³/mol. The summed E-state index contributed by atoms with van der Waals surface area (Å²) in [5.41, 5.74) is 1.20. The summed E-state index contributed by atoms with van der Waals surface area (Å²) in [5.74, 6) is 2.63. The Hall–Kier alpha value is -2.69. The zero-order valence-electron chi connectivity index (χ0n) is 18.1. The Morgan fingerprint density at radius 3 is 2.30 bits per heavy atom. The lowest BCUT2D eigenvalue weighted by Crippen LogP contribution is -2.14. The van der Waals surface area contributed by atoms with Crippen molar-refractivity contribution in [3.05, 3.63) is 48.0 Å². The highest BCUT2D eigenvalue weighted by Crippen LogP contribution is 2.28. The summed E-state index contributed by atoms with van der Waals surface area (Å²) in [6, 6.07) is 12.8. The first-order chi connectivity index (χ1) is 14.7. The molecular weight excluding hydrogens is 378 g/mol. The fraction of sp³-hybridized carbons (Fsp3) is 0.480. The molecular formula is C25H33NO4. The zero-order valence-corrected chi connectivity index (χ0v) is 18.1. The third-order valence-corrected chi connectivity index (χ3v) is 5.44. The van der Waals surface area contributed by atoms with E-state index < -0.39 is 0 Å². The van der Waals surface area contributed by atoms with Crippen LogP contribution in [-0.2, 0) is 0 Å². The number of carbonyl (C=O) groups excluding carboxylic acids is 1. The number of benzene rings is 2. The highest BCUT2D eigenvalue weighted by molar-refractivity contribution is 6.06. The first-order valence-corrected chi connectivity index (χ1v) is 11.1. The van der Waals surface area contributed by atoms with Crippen molar-refractivity contribution in [2.75, 3.05) is 25.1 Å². The van der Waals surface area contributed by atoms with Crippen molar-refractivity contribution in [1.29, 1.82) is 0 Å². The number of anilines is 1. The molecule has 1 aliphatic rings. The van der Waals surface area contributed by atoms with Gasteiger partial charge in [-0.05, 0) is 62.6 Å². The van der Waals surface area contributed by atoms with E-state index in [4.69, 9.17) is 14.2 Å². The van der Waals surface area contributed by atoms with Gasteiger partial charge in [-0.1, -0.05) is 32.1 Å². The Labute approximate surface area is 179 Å². The second kappa shape index (κ2) is 11.5. The quantitative estimate of drug-likeness (QED) is 0.514. The zero-order chi connectivity index (χ0) is 21.2. The van der Waals surface area contributed by atoms with E-state index in [1.54, 1.807) is 18.2 Å². The van der Waals surface area contributed by atoms with Crippen molar-refractivity contribution in [3.8, 4) is 17.2 Å². The van der Waals surface area contributed by atoms with Gasteiger partial charge in [0.1, 0.15) is 17.2 Å². The molecule has 0 heterocycles. The summed E-state index contributed by atoms with van der Waals surface area (Å²) in [4.78, 5) is 12.7. The minimum atomic E-state index is -0.215. The predicted octanol–water partition coefficient (Wildman–Crippen LogP) is 6.09. The molecule has 5 nitrogen and oxygen atoms in total. The van der Waals surface area contributed by atoms with Crippen LogP contribution in [-0.4, -0.2) is 25.7 Å². The van der Waals surface area contributed by atoms with Crippen LogP contribution in [0.2, 0.25) is 0 Å². The minimum Gasteiger partial charge on any atom is -0.494 e. The highest BCUT2D eigenvalue weighted by atomic mass is 16.5. The lowest BCUT2D eigenvalue weighted by atomic mass is 9.87. The summed E-state index contributed by atoms with van der Waals surface area (Å²) in [6.45, 7) is 5.60. The van der Waals surface area contributed by atoms with Gasteiger partial charge in [0.2, 0.25) is 0 Å². The average Bonchev–Trinajstić information content (AvgIpc) is 2.76. The topological polar surface area (TPSA) is 56.8 Å². The van der Waals surface area contributed by atoms with E-state index in [1.165, 1.54) is 32.1 Å². The van der Waals surface area contributed by atoms with Gasteiger partial charge in [0.05, 0.1) is 25.4 Å². The summed E-state index contributed by atoms with van der Waals surface area (Å²) in [5, 5.41) is 2.93. The number of amides is 1. The SMILES string of the molecule is CCOc1ccc(C(=O)Nc2ccc(OCCC3CCCCC3)cc2)c(OCC)c1. The molecule has 0 spiro atoms. The van der Waals surface area contributed by atoms with Crippen LogP contribution in [0.3, 0.4) is 0 Å². The molecule has 0 aromatic heterocycles. The van der Waals surface area contributed by atoms with E-state index in [1.807, 2.05) is 38.1 Å². The average molecular weight is 412 g/mol. The molecule has 2 aromatic rings. The summed E-state index contributed by atoms with van der Waals surface area (Å²) < 4.78 is 17.0. The Kier molecular flexibility index (Phi) is 8.42. The van der Waals surface area contributed by atoms with E-state index in [2.05, 4.69) is 5.32 Å². The van der Waals surface area contributed by atoms with Crippen molar-refractivity contribution in [3.63, 3.8) is 0 Å². The van der Waals surface area contributed by atoms with Gasteiger partial charge in [-0.25, -0.2) is 0 Å². The normalized spacial score (nSPS) is 14.2. The van der Waals surface area contributed by atoms with Crippen LogP contribution in [0.5, 0.6) is 17.2 Å². The summed E-state index contributed by atoms with van der Waals surface area (Å²) in [6.07, 6.45) is 7.90. The molecule has 1 fully saturated rings. The Morgan fingerprint density at radius 1 is 0.900 bits per heavy atom. The fourth-order valence-electron chi connectivity index (χ4n) is 3.87. The number of ether oxygens (including phenoxy) is 3. The van der Waals surface area contributed by atoms with Crippen LogP contribution in [0, 0.1) is 5.92 Å². The smallest absolute Gasteiger partial charge is 0.259 e. The molecule has 5 heteroatoms. The molecule has 30 heavy (non-hydrogen) atoms. The van der Waals surface area contributed by atoms with Gasteiger partial charge in [0.25, 0.3) is 5.91 Å². The first-order valence-electron chi connectivity index (χ1n) is 11.1. The number of hydrogen-bond acceptors (Lipinski definition) is 4. The number of rotatable bonds is 10. The second-order valence-corrected chi connectivity index (χ2v) is 7.64. The van der Waals surface area contributed by atoms with Crippen molar-refractivity contribution in [1.82, 2.24) is 0 Å². The van der Waals surface area contributed by atoms with E-state index in [0.717, 1.165) is 30.4 Å².